The van der Waals surface area contributed by atoms with Gasteiger partial charge in [0.25, 0.3) is 5.91 Å². The average Bonchev–Trinajstić information content (AvgIpc) is 2.82. The lowest BCUT2D eigenvalue weighted by atomic mass is 10.0. The summed E-state index contributed by atoms with van der Waals surface area (Å²) in [5.41, 5.74) is 0.409. The summed E-state index contributed by atoms with van der Waals surface area (Å²) in [5, 5.41) is 5.54. The van der Waals surface area contributed by atoms with Crippen LogP contribution in [0.5, 0.6) is 0 Å². The minimum Gasteiger partial charge on any atom is -0.450 e. The predicted octanol–water partition coefficient (Wildman–Crippen LogP) is 1.61. The number of aryl methyl sites for hydroxylation is 1. The highest BCUT2D eigenvalue weighted by atomic mass is 16.5. The van der Waals surface area contributed by atoms with Gasteiger partial charge in [0.1, 0.15) is 11.5 Å². The molecule has 0 aromatic carbocycles. The van der Waals surface area contributed by atoms with E-state index in [2.05, 4.69) is 34.4 Å². The molecule has 1 rings (SSSR count). The van der Waals surface area contributed by atoms with E-state index in [1.54, 1.807) is 13.8 Å². The number of amides is 2. The Morgan fingerprint density at radius 3 is 2.67 bits per heavy atom. The van der Waals surface area contributed by atoms with E-state index in [0.29, 0.717) is 30.6 Å². The van der Waals surface area contributed by atoms with Gasteiger partial charge < -0.3 is 20.4 Å². The molecule has 0 radical (unpaired) electrons. The molecule has 118 valence electrons. The number of ether oxygens (including phenoxy) is 1. The van der Waals surface area contributed by atoms with Crippen molar-refractivity contribution in [1.82, 2.24) is 20.6 Å². The highest BCUT2D eigenvalue weighted by molar-refractivity contribution is 5.92. The maximum absolute atomic E-state index is 11.9. The summed E-state index contributed by atoms with van der Waals surface area (Å²) >= 11 is 0. The number of imidazole rings is 1. The number of aromatic nitrogens is 2. The van der Waals surface area contributed by atoms with E-state index in [0.717, 1.165) is 6.42 Å². The van der Waals surface area contributed by atoms with E-state index < -0.39 is 6.09 Å². The topological polar surface area (TPSA) is 96.1 Å². The average molecular weight is 296 g/mol. The van der Waals surface area contributed by atoms with Crippen molar-refractivity contribution in [3.05, 3.63) is 17.7 Å². The van der Waals surface area contributed by atoms with Gasteiger partial charge in [0.2, 0.25) is 0 Å². The highest BCUT2D eigenvalue weighted by Crippen LogP contribution is 2.05. The lowest BCUT2D eigenvalue weighted by molar-refractivity contribution is 0.0940. The molecule has 0 bridgehead atoms. The molecule has 0 saturated carbocycles. The Balaban J connectivity index is 2.52. The SMILES string of the molecule is CCOC(=O)N[C@H](CNC(=O)c1cnc(C)[nH]1)CC(C)C. The van der Waals surface area contributed by atoms with E-state index in [1.807, 2.05) is 0 Å². The molecule has 0 spiro atoms. The Hall–Kier alpha value is -2.05. The summed E-state index contributed by atoms with van der Waals surface area (Å²) in [6.45, 7) is 8.30. The number of nitrogens with one attached hydrogen (secondary N) is 3. The quantitative estimate of drug-likeness (QED) is 0.712. The van der Waals surface area contributed by atoms with E-state index in [1.165, 1.54) is 6.20 Å². The van der Waals surface area contributed by atoms with E-state index >= 15 is 0 Å². The predicted molar refractivity (Wildman–Crippen MR) is 79.1 cm³/mol. The number of carbonyl (C=O) groups excluding carboxylic acids is 2. The molecule has 21 heavy (non-hydrogen) atoms. The Morgan fingerprint density at radius 2 is 2.14 bits per heavy atom. The summed E-state index contributed by atoms with van der Waals surface area (Å²) in [5.74, 6) is 0.835. The lowest BCUT2D eigenvalue weighted by Gasteiger charge is -2.20. The van der Waals surface area contributed by atoms with Crippen molar-refractivity contribution < 1.29 is 14.3 Å². The third-order valence-corrected chi connectivity index (χ3v) is 2.81. The molecule has 3 N–H and O–H groups in total. The second-order valence-corrected chi connectivity index (χ2v) is 5.28. The van der Waals surface area contributed by atoms with Crippen molar-refractivity contribution in [2.75, 3.05) is 13.2 Å². The molecule has 7 heteroatoms. The van der Waals surface area contributed by atoms with Gasteiger partial charge in [-0.25, -0.2) is 9.78 Å². The fraction of sp³-hybridized carbons (Fsp3) is 0.643. The van der Waals surface area contributed by atoms with Gasteiger partial charge in [-0.05, 0) is 26.2 Å². The highest BCUT2D eigenvalue weighted by Gasteiger charge is 2.16. The maximum atomic E-state index is 11.9. The van der Waals surface area contributed by atoms with Crippen molar-refractivity contribution in [2.45, 2.75) is 40.2 Å². The van der Waals surface area contributed by atoms with Gasteiger partial charge in [-0.2, -0.15) is 0 Å². The molecule has 0 unspecified atom stereocenters. The standard InChI is InChI=1S/C14H24N4O3/c1-5-21-14(20)18-11(6-9(2)3)7-16-13(19)12-8-15-10(4)17-12/h8-9,11H,5-7H2,1-4H3,(H,15,17)(H,16,19)(H,18,20)/t11-/m0/s1. The molecule has 1 heterocycles. The monoisotopic (exact) mass is 296 g/mol. The summed E-state index contributed by atoms with van der Waals surface area (Å²) in [4.78, 5) is 30.3. The minimum atomic E-state index is -0.463. The van der Waals surface area contributed by atoms with Crippen molar-refractivity contribution in [1.29, 1.82) is 0 Å². The van der Waals surface area contributed by atoms with Crippen LogP contribution in [0.1, 0.15) is 43.5 Å². The van der Waals surface area contributed by atoms with Crippen LogP contribution in [0.25, 0.3) is 0 Å². The molecule has 0 saturated heterocycles. The smallest absolute Gasteiger partial charge is 0.407 e. The zero-order valence-corrected chi connectivity index (χ0v) is 13.0. The van der Waals surface area contributed by atoms with Crippen LogP contribution in [0.4, 0.5) is 4.79 Å². The molecule has 0 aliphatic rings. The summed E-state index contributed by atoms with van der Waals surface area (Å²) in [6.07, 6.45) is 1.77. The number of nitrogens with zero attached hydrogens (tertiary/aromatic N) is 1. The van der Waals surface area contributed by atoms with Crippen LogP contribution >= 0.6 is 0 Å². The summed E-state index contributed by atoms with van der Waals surface area (Å²) in [6, 6.07) is -0.169. The van der Waals surface area contributed by atoms with Gasteiger partial charge in [-0.3, -0.25) is 4.79 Å². The first-order valence-electron chi connectivity index (χ1n) is 7.15. The Labute approximate surface area is 124 Å². The zero-order chi connectivity index (χ0) is 15.8. The molecule has 0 aliphatic carbocycles. The van der Waals surface area contributed by atoms with Crippen LogP contribution in [0.3, 0.4) is 0 Å². The van der Waals surface area contributed by atoms with E-state index in [-0.39, 0.29) is 11.9 Å². The third kappa shape index (κ3) is 6.29. The molecule has 1 aromatic rings. The number of H-pyrrole nitrogens is 1. The van der Waals surface area contributed by atoms with Crippen LogP contribution in [0.15, 0.2) is 6.20 Å². The first-order valence-corrected chi connectivity index (χ1v) is 7.15. The van der Waals surface area contributed by atoms with Crippen LogP contribution < -0.4 is 10.6 Å². The van der Waals surface area contributed by atoms with Crippen LogP contribution in [-0.4, -0.2) is 41.2 Å². The maximum Gasteiger partial charge on any atom is 0.407 e. The third-order valence-electron chi connectivity index (χ3n) is 2.81. The molecule has 2 amide bonds. The minimum absolute atomic E-state index is 0.169. The molecule has 0 aliphatic heterocycles. The van der Waals surface area contributed by atoms with Crippen molar-refractivity contribution in [2.24, 2.45) is 5.92 Å². The Morgan fingerprint density at radius 1 is 1.43 bits per heavy atom. The second-order valence-electron chi connectivity index (χ2n) is 5.28. The molecule has 7 nitrogen and oxygen atoms in total. The molecule has 0 fully saturated rings. The fourth-order valence-electron chi connectivity index (χ4n) is 1.95. The fourth-order valence-corrected chi connectivity index (χ4v) is 1.95. The van der Waals surface area contributed by atoms with Gasteiger partial charge in [0, 0.05) is 12.6 Å². The molecular weight excluding hydrogens is 272 g/mol. The normalized spacial score (nSPS) is 12.0. The van der Waals surface area contributed by atoms with Gasteiger partial charge in [0.15, 0.2) is 0 Å². The number of hydrogen-bond donors (Lipinski definition) is 3. The number of hydrogen-bond acceptors (Lipinski definition) is 4. The van der Waals surface area contributed by atoms with Crippen molar-refractivity contribution >= 4 is 12.0 Å². The summed E-state index contributed by atoms with van der Waals surface area (Å²) < 4.78 is 4.87. The van der Waals surface area contributed by atoms with Crippen LogP contribution in [0.2, 0.25) is 0 Å². The largest absolute Gasteiger partial charge is 0.450 e. The Bertz CT molecular complexity index is 471. The first kappa shape index (κ1) is 17.0. The first-order chi connectivity index (χ1) is 9.92. The number of aromatic amines is 1. The lowest BCUT2D eigenvalue weighted by Crippen LogP contribution is -2.44. The molecule has 1 atom stereocenters. The number of carbonyl (C=O) groups is 2. The number of alkyl carbamates (subject to hydrolysis) is 1. The van der Waals surface area contributed by atoms with Gasteiger partial charge in [0.05, 0.1) is 12.8 Å². The number of rotatable bonds is 7. The van der Waals surface area contributed by atoms with Gasteiger partial charge in [-0.1, -0.05) is 13.8 Å². The second kappa shape index (κ2) is 8.28. The van der Waals surface area contributed by atoms with Crippen LogP contribution in [0, 0.1) is 12.8 Å². The Kier molecular flexibility index (Phi) is 6.71. The van der Waals surface area contributed by atoms with Crippen LogP contribution in [-0.2, 0) is 4.74 Å². The van der Waals surface area contributed by atoms with Crippen molar-refractivity contribution in [3.8, 4) is 0 Å². The zero-order valence-electron chi connectivity index (χ0n) is 13.0. The van der Waals surface area contributed by atoms with Gasteiger partial charge >= 0.3 is 6.09 Å². The van der Waals surface area contributed by atoms with Gasteiger partial charge in [-0.15, -0.1) is 0 Å². The van der Waals surface area contributed by atoms with E-state index in [4.69, 9.17) is 4.74 Å². The van der Waals surface area contributed by atoms with E-state index in [9.17, 15) is 9.59 Å². The molecular formula is C14H24N4O3. The summed E-state index contributed by atoms with van der Waals surface area (Å²) in [7, 11) is 0. The van der Waals surface area contributed by atoms with Crippen molar-refractivity contribution in [3.63, 3.8) is 0 Å². The molecule has 1 aromatic heterocycles.